The van der Waals surface area contributed by atoms with Gasteiger partial charge in [0.15, 0.2) is 0 Å². The van der Waals surface area contributed by atoms with Gasteiger partial charge in [0.2, 0.25) is 5.91 Å². The van der Waals surface area contributed by atoms with Crippen LogP contribution < -0.4 is 25.6 Å². The van der Waals surface area contributed by atoms with Crippen molar-refractivity contribution in [2.45, 2.75) is 77.8 Å². The van der Waals surface area contributed by atoms with Crippen molar-refractivity contribution in [3.8, 4) is 16.9 Å². The number of methoxy groups -OCH3 is 2. The van der Waals surface area contributed by atoms with Crippen molar-refractivity contribution in [1.82, 2.24) is 21.0 Å². The number of rotatable bonds is 18. The van der Waals surface area contributed by atoms with E-state index in [1.54, 1.807) is 31.2 Å². The lowest BCUT2D eigenvalue weighted by molar-refractivity contribution is -0.176. The summed E-state index contributed by atoms with van der Waals surface area (Å²) in [7, 11) is 6.74. The van der Waals surface area contributed by atoms with Crippen LogP contribution in [0.1, 0.15) is 62.0 Å². The van der Waals surface area contributed by atoms with Crippen LogP contribution in [0.25, 0.3) is 11.1 Å². The molecule has 3 aromatic rings. The van der Waals surface area contributed by atoms with Crippen molar-refractivity contribution in [1.29, 1.82) is 5.53 Å². The third kappa shape index (κ3) is 9.52. The van der Waals surface area contributed by atoms with Crippen LogP contribution in [0.3, 0.4) is 0 Å². The third-order valence-electron chi connectivity index (χ3n) is 13.4. The molecule has 3 aliphatic carbocycles. The van der Waals surface area contributed by atoms with Crippen LogP contribution in [0.5, 0.6) is 5.75 Å². The summed E-state index contributed by atoms with van der Waals surface area (Å²) in [5.74, 6) is -0.131. The van der Waals surface area contributed by atoms with Gasteiger partial charge in [-0.25, -0.2) is 5.53 Å². The lowest BCUT2D eigenvalue weighted by Crippen LogP contribution is -2.62. The minimum absolute atomic E-state index is 0.0218. The fourth-order valence-corrected chi connectivity index (χ4v) is 9.89. The molecule has 1 aliphatic heterocycles. The van der Waals surface area contributed by atoms with Gasteiger partial charge in [-0.05, 0) is 78.7 Å². The number of fused-ring (bicyclic) bond motifs is 2. The number of amides is 2. The first-order valence-corrected chi connectivity index (χ1v) is 21.0. The molecule has 1 saturated heterocycles. The summed E-state index contributed by atoms with van der Waals surface area (Å²) in [4.78, 5) is 49.6. The van der Waals surface area contributed by atoms with E-state index in [1.807, 2.05) is 73.6 Å². The number of benzene rings is 3. The average molecular weight is 826 g/mol. The molecule has 3 saturated carbocycles. The summed E-state index contributed by atoms with van der Waals surface area (Å²) < 4.78 is 11.2. The molecule has 0 radical (unpaired) electrons. The Bertz CT molecular complexity index is 1990. The highest BCUT2D eigenvalue weighted by atomic mass is 16.7. The van der Waals surface area contributed by atoms with Crippen LogP contribution in [0.4, 0.5) is 5.69 Å². The normalized spacial score (nSPS) is 25.3. The second-order valence-corrected chi connectivity index (χ2v) is 17.6. The summed E-state index contributed by atoms with van der Waals surface area (Å²) in [5, 5.41) is 25.8. The van der Waals surface area contributed by atoms with Crippen LogP contribution in [0, 0.1) is 40.5 Å². The number of carbonyl (C=O) groups is 3. The predicted octanol–water partition coefficient (Wildman–Crippen LogP) is 5.44. The summed E-state index contributed by atoms with van der Waals surface area (Å²) in [6.45, 7) is 9.21. The van der Waals surface area contributed by atoms with Crippen molar-refractivity contribution in [2.75, 3.05) is 53.0 Å². The molecular weight excluding hydrogens is 763 g/mol. The van der Waals surface area contributed by atoms with Crippen molar-refractivity contribution < 1.29 is 33.8 Å². The molecule has 4 fully saturated rings. The molecule has 2 bridgehead atoms. The molecule has 1 unspecified atom stereocenters. The monoisotopic (exact) mass is 825 g/mol. The van der Waals surface area contributed by atoms with E-state index in [0.29, 0.717) is 35.5 Å². The number of carbonyl (C=O) groups excluding carboxylic acids is 3. The molecule has 0 spiro atoms. The number of para-hydroxylation sites is 1. The standard InChI is InChI=1S/C46H63N7O7/c1-27-37-21-34(46(37,3)4)22-38(27)51-44(56)41-40(28(2)54)39(24-48-26-50-47)60-53(41)25-30-15-12-16-36(42(30)58-7)31-18-32(20-35(19-31)52(5)6)43(55)49-23-33(45(57)59-8)17-29-13-10-9-11-14-29/h9-16,18-20,27-28,33-34,37-41,47-48,54H,17,21-26H2,1-8H3,(H,49,55)(H,51,56)/t27-,28-,33?,34+,37-,38-,39-,40+,41-/m0/s1. The van der Waals surface area contributed by atoms with Crippen molar-refractivity contribution in [2.24, 2.45) is 40.1 Å². The zero-order valence-corrected chi connectivity index (χ0v) is 36.2. The zero-order chi connectivity index (χ0) is 43.3. The molecular formula is C46H63N7O7. The van der Waals surface area contributed by atoms with E-state index >= 15 is 0 Å². The first kappa shape index (κ1) is 44.7. The van der Waals surface area contributed by atoms with Crippen molar-refractivity contribution in [3.63, 3.8) is 0 Å². The number of hydrogen-bond donors (Lipinski definition) is 5. The fourth-order valence-electron chi connectivity index (χ4n) is 9.89. The highest BCUT2D eigenvalue weighted by molar-refractivity contribution is 5.97. The molecule has 2 amide bonds. The summed E-state index contributed by atoms with van der Waals surface area (Å²) in [6, 6.07) is 20.2. The summed E-state index contributed by atoms with van der Waals surface area (Å²) in [5.41, 5.74) is 11.9. The maximum atomic E-state index is 14.5. The number of aliphatic hydroxyl groups is 1. The highest BCUT2D eigenvalue weighted by Gasteiger charge is 2.57. The molecule has 7 rings (SSSR count). The predicted molar refractivity (Wildman–Crippen MR) is 229 cm³/mol. The molecule has 0 aromatic heterocycles. The SMILES string of the molecule is COC(=O)C(CNC(=O)c1cc(-c2cccc(CN3O[C@@H](CNCN=N)[C@@H]([C@H](C)O)[C@H]3C(=O)N[C@H]3C[C@H]4C[C@@H]([C@@H]3C)C4(C)C)c2OC)cc(N(C)C)c1)Cc1ccccc1. The van der Waals surface area contributed by atoms with E-state index in [2.05, 4.69) is 41.8 Å². The number of nitrogens with one attached hydrogen (secondary N) is 4. The molecule has 3 aromatic carbocycles. The molecule has 5 N–H and O–H groups in total. The van der Waals surface area contributed by atoms with Gasteiger partial charge in [-0.15, -0.1) is 0 Å². The van der Waals surface area contributed by atoms with Gasteiger partial charge < -0.3 is 30.1 Å². The Kier molecular flexibility index (Phi) is 14.3. The number of esters is 1. The summed E-state index contributed by atoms with van der Waals surface area (Å²) in [6.07, 6.45) is 1.07. The van der Waals surface area contributed by atoms with Gasteiger partial charge in [-0.3, -0.25) is 24.5 Å². The Hall–Kier alpha value is -4.89. The average Bonchev–Trinajstić information content (AvgIpc) is 3.60. The van der Waals surface area contributed by atoms with Crippen molar-refractivity contribution in [3.05, 3.63) is 83.4 Å². The molecule has 14 heteroatoms. The topological polar surface area (TPSA) is 178 Å². The fraction of sp³-hybridized carbons (Fsp3) is 0.543. The van der Waals surface area contributed by atoms with Gasteiger partial charge in [0.05, 0.1) is 38.9 Å². The van der Waals surface area contributed by atoms with Crippen LogP contribution in [-0.4, -0.2) is 100 Å². The molecule has 4 aliphatic rings. The van der Waals surface area contributed by atoms with E-state index in [-0.39, 0.29) is 49.6 Å². The minimum Gasteiger partial charge on any atom is -0.496 e. The largest absolute Gasteiger partial charge is 0.496 e. The highest BCUT2D eigenvalue weighted by Crippen LogP contribution is 2.61. The maximum Gasteiger partial charge on any atom is 0.310 e. The third-order valence-corrected chi connectivity index (χ3v) is 13.4. The summed E-state index contributed by atoms with van der Waals surface area (Å²) >= 11 is 0. The van der Waals surface area contributed by atoms with Gasteiger partial charge in [0.25, 0.3) is 5.91 Å². The van der Waals surface area contributed by atoms with E-state index in [4.69, 9.17) is 19.8 Å². The number of aliphatic hydroxyl groups excluding tert-OH is 1. The van der Waals surface area contributed by atoms with Crippen molar-refractivity contribution >= 4 is 23.5 Å². The Morgan fingerprint density at radius 1 is 1.07 bits per heavy atom. The van der Waals surface area contributed by atoms with Crippen LogP contribution >= 0.6 is 0 Å². The Labute approximate surface area is 354 Å². The van der Waals surface area contributed by atoms with E-state index in [9.17, 15) is 19.5 Å². The first-order valence-electron chi connectivity index (χ1n) is 21.0. The maximum absolute atomic E-state index is 14.5. The second-order valence-electron chi connectivity index (χ2n) is 17.6. The lowest BCUT2D eigenvalue weighted by Gasteiger charge is -2.62. The Morgan fingerprint density at radius 3 is 2.45 bits per heavy atom. The van der Waals surface area contributed by atoms with Gasteiger partial charge in [0, 0.05) is 61.5 Å². The number of hydroxylamine groups is 2. The zero-order valence-electron chi connectivity index (χ0n) is 36.2. The Morgan fingerprint density at radius 2 is 1.82 bits per heavy atom. The van der Waals surface area contributed by atoms with E-state index in [0.717, 1.165) is 34.4 Å². The lowest BCUT2D eigenvalue weighted by atomic mass is 9.45. The van der Waals surface area contributed by atoms with Gasteiger partial charge >= 0.3 is 5.97 Å². The number of nitrogens with zero attached hydrogens (tertiary/aromatic N) is 3. The van der Waals surface area contributed by atoms with Crippen LogP contribution in [0.2, 0.25) is 0 Å². The van der Waals surface area contributed by atoms with Gasteiger partial charge in [-0.1, -0.05) is 69.3 Å². The van der Waals surface area contributed by atoms with Gasteiger partial charge in [-0.2, -0.15) is 10.2 Å². The quantitative estimate of drug-likeness (QED) is 0.0631. The van der Waals surface area contributed by atoms with Gasteiger partial charge in [0.1, 0.15) is 18.5 Å². The molecule has 14 nitrogen and oxygen atoms in total. The van der Waals surface area contributed by atoms with E-state index in [1.165, 1.54) is 13.5 Å². The molecule has 1 heterocycles. The first-order chi connectivity index (χ1) is 28.7. The van der Waals surface area contributed by atoms with E-state index < -0.39 is 36.1 Å². The number of ether oxygens (including phenoxy) is 2. The number of hydrogen-bond acceptors (Lipinski definition) is 12. The second kappa shape index (κ2) is 19.2. The smallest absolute Gasteiger partial charge is 0.310 e. The molecule has 324 valence electrons. The number of anilines is 1. The van der Waals surface area contributed by atoms with Crippen LogP contribution in [-0.2, 0) is 32.1 Å². The molecule has 9 atom stereocenters. The Balaban J connectivity index is 1.28. The molecule has 60 heavy (non-hydrogen) atoms. The van der Waals surface area contributed by atoms with Crippen LogP contribution in [0.15, 0.2) is 71.8 Å². The minimum atomic E-state index is -0.880.